The number of aromatic nitrogens is 2. The molecular weight excluding hydrogens is 285 g/mol. The van der Waals surface area contributed by atoms with Gasteiger partial charge in [0.05, 0.1) is 5.69 Å². The van der Waals surface area contributed by atoms with Gasteiger partial charge >= 0.3 is 0 Å². The molecule has 0 saturated carbocycles. The molecule has 0 aliphatic rings. The SMILES string of the molecule is CC(C)Nc1nccn1-c1cc(F)ccc1Br. The van der Waals surface area contributed by atoms with Crippen molar-refractivity contribution in [2.24, 2.45) is 0 Å². The Morgan fingerprint density at radius 3 is 2.88 bits per heavy atom. The Morgan fingerprint density at radius 2 is 2.18 bits per heavy atom. The lowest BCUT2D eigenvalue weighted by molar-refractivity contribution is 0.626. The van der Waals surface area contributed by atoms with Crippen LogP contribution >= 0.6 is 15.9 Å². The summed E-state index contributed by atoms with van der Waals surface area (Å²) >= 11 is 3.41. The van der Waals surface area contributed by atoms with Crippen molar-refractivity contribution < 1.29 is 4.39 Å². The Morgan fingerprint density at radius 1 is 1.41 bits per heavy atom. The van der Waals surface area contributed by atoms with E-state index in [-0.39, 0.29) is 11.9 Å². The molecule has 2 rings (SSSR count). The summed E-state index contributed by atoms with van der Waals surface area (Å²) in [6, 6.07) is 4.84. The van der Waals surface area contributed by atoms with E-state index in [4.69, 9.17) is 0 Å². The van der Waals surface area contributed by atoms with E-state index in [9.17, 15) is 4.39 Å². The molecule has 5 heteroatoms. The molecule has 1 heterocycles. The molecule has 0 amide bonds. The highest BCUT2D eigenvalue weighted by atomic mass is 79.9. The summed E-state index contributed by atoms with van der Waals surface area (Å²) in [6.45, 7) is 4.05. The lowest BCUT2D eigenvalue weighted by Crippen LogP contribution is -2.14. The van der Waals surface area contributed by atoms with Gasteiger partial charge < -0.3 is 5.32 Å². The minimum atomic E-state index is -0.271. The average Bonchev–Trinajstić information content (AvgIpc) is 2.69. The van der Waals surface area contributed by atoms with Crippen molar-refractivity contribution >= 4 is 21.9 Å². The van der Waals surface area contributed by atoms with E-state index in [1.54, 1.807) is 18.5 Å². The van der Waals surface area contributed by atoms with Crippen LogP contribution in [-0.2, 0) is 0 Å². The van der Waals surface area contributed by atoms with E-state index in [0.29, 0.717) is 5.95 Å². The summed E-state index contributed by atoms with van der Waals surface area (Å²) in [4.78, 5) is 4.21. The van der Waals surface area contributed by atoms with Crippen LogP contribution in [-0.4, -0.2) is 15.6 Å². The minimum Gasteiger partial charge on any atom is -0.353 e. The monoisotopic (exact) mass is 297 g/mol. The largest absolute Gasteiger partial charge is 0.353 e. The fourth-order valence-electron chi connectivity index (χ4n) is 1.53. The van der Waals surface area contributed by atoms with Gasteiger partial charge in [0.1, 0.15) is 5.82 Å². The molecule has 17 heavy (non-hydrogen) atoms. The zero-order valence-corrected chi connectivity index (χ0v) is 11.2. The number of benzene rings is 1. The summed E-state index contributed by atoms with van der Waals surface area (Å²) in [5.74, 6) is 0.429. The molecule has 1 aromatic heterocycles. The number of imidazole rings is 1. The van der Waals surface area contributed by atoms with Crippen LogP contribution in [0.15, 0.2) is 35.1 Å². The molecule has 2 aromatic rings. The molecule has 0 spiro atoms. The van der Waals surface area contributed by atoms with E-state index in [1.807, 2.05) is 18.4 Å². The van der Waals surface area contributed by atoms with Gasteiger partial charge in [-0.3, -0.25) is 4.57 Å². The van der Waals surface area contributed by atoms with Crippen molar-refractivity contribution in [2.45, 2.75) is 19.9 Å². The highest BCUT2D eigenvalue weighted by molar-refractivity contribution is 9.10. The smallest absolute Gasteiger partial charge is 0.207 e. The van der Waals surface area contributed by atoms with Crippen LogP contribution in [0, 0.1) is 5.82 Å². The first kappa shape index (κ1) is 12.1. The topological polar surface area (TPSA) is 29.9 Å². The Hall–Kier alpha value is -1.36. The summed E-state index contributed by atoms with van der Waals surface area (Å²) in [5.41, 5.74) is 0.727. The molecule has 0 radical (unpaired) electrons. The van der Waals surface area contributed by atoms with Crippen LogP contribution in [0.1, 0.15) is 13.8 Å². The lowest BCUT2D eigenvalue weighted by Gasteiger charge is -2.13. The van der Waals surface area contributed by atoms with Crippen molar-refractivity contribution in [3.63, 3.8) is 0 Å². The molecule has 0 bridgehead atoms. The molecule has 90 valence electrons. The van der Waals surface area contributed by atoms with Crippen LogP contribution in [0.3, 0.4) is 0 Å². The van der Waals surface area contributed by atoms with Crippen LogP contribution in [0.2, 0.25) is 0 Å². The van der Waals surface area contributed by atoms with Gasteiger partial charge in [-0.1, -0.05) is 0 Å². The number of rotatable bonds is 3. The first-order chi connectivity index (χ1) is 8.08. The Kier molecular flexibility index (Phi) is 3.47. The van der Waals surface area contributed by atoms with Crippen molar-refractivity contribution in [2.75, 3.05) is 5.32 Å². The number of nitrogens with one attached hydrogen (secondary N) is 1. The zero-order chi connectivity index (χ0) is 12.4. The highest BCUT2D eigenvalue weighted by Gasteiger charge is 2.09. The average molecular weight is 298 g/mol. The fraction of sp³-hybridized carbons (Fsp3) is 0.250. The van der Waals surface area contributed by atoms with Crippen LogP contribution in [0.4, 0.5) is 10.3 Å². The zero-order valence-electron chi connectivity index (χ0n) is 9.61. The third-order valence-electron chi connectivity index (χ3n) is 2.23. The predicted molar refractivity (Wildman–Crippen MR) is 70.0 cm³/mol. The second kappa shape index (κ2) is 4.87. The number of halogens is 2. The maximum Gasteiger partial charge on any atom is 0.207 e. The number of hydrogen-bond acceptors (Lipinski definition) is 2. The molecular formula is C12H13BrFN3. The van der Waals surface area contributed by atoms with E-state index in [2.05, 4.69) is 26.2 Å². The number of nitrogens with zero attached hydrogens (tertiary/aromatic N) is 2. The van der Waals surface area contributed by atoms with E-state index in [0.717, 1.165) is 10.2 Å². The molecule has 0 aliphatic carbocycles. The maximum atomic E-state index is 13.3. The molecule has 1 aromatic carbocycles. The third-order valence-corrected chi connectivity index (χ3v) is 2.90. The van der Waals surface area contributed by atoms with Crippen LogP contribution in [0.5, 0.6) is 0 Å². The van der Waals surface area contributed by atoms with E-state index >= 15 is 0 Å². The Balaban J connectivity index is 2.45. The summed E-state index contributed by atoms with van der Waals surface area (Å²) in [5, 5.41) is 3.21. The van der Waals surface area contributed by atoms with Crippen LogP contribution in [0.25, 0.3) is 5.69 Å². The molecule has 0 atom stereocenters. The van der Waals surface area contributed by atoms with Gasteiger partial charge in [-0.05, 0) is 48.0 Å². The standard InChI is InChI=1S/C12H13BrFN3/c1-8(2)16-12-15-5-6-17(12)11-7-9(14)3-4-10(11)13/h3-8H,1-2H3,(H,15,16). The second-order valence-electron chi connectivity index (χ2n) is 4.02. The van der Waals surface area contributed by atoms with Crippen molar-refractivity contribution in [1.82, 2.24) is 9.55 Å². The summed E-state index contributed by atoms with van der Waals surface area (Å²) in [7, 11) is 0. The van der Waals surface area contributed by atoms with Gasteiger partial charge in [0.2, 0.25) is 5.95 Å². The minimum absolute atomic E-state index is 0.267. The van der Waals surface area contributed by atoms with Crippen molar-refractivity contribution in [3.05, 3.63) is 40.9 Å². The maximum absolute atomic E-state index is 13.3. The van der Waals surface area contributed by atoms with Crippen LogP contribution < -0.4 is 5.32 Å². The summed E-state index contributed by atoms with van der Waals surface area (Å²) in [6.07, 6.45) is 3.48. The van der Waals surface area contributed by atoms with Gasteiger partial charge in [0, 0.05) is 22.9 Å². The first-order valence-corrected chi connectivity index (χ1v) is 6.12. The van der Waals surface area contributed by atoms with Gasteiger partial charge in [-0.25, -0.2) is 9.37 Å². The first-order valence-electron chi connectivity index (χ1n) is 5.33. The van der Waals surface area contributed by atoms with Gasteiger partial charge in [0.25, 0.3) is 0 Å². The number of hydrogen-bond donors (Lipinski definition) is 1. The quantitative estimate of drug-likeness (QED) is 0.938. The molecule has 0 aliphatic heterocycles. The van der Waals surface area contributed by atoms with Gasteiger partial charge in [0.15, 0.2) is 0 Å². The van der Waals surface area contributed by atoms with Gasteiger partial charge in [-0.2, -0.15) is 0 Å². The molecule has 1 N–H and O–H groups in total. The Labute approximate surface area is 108 Å². The van der Waals surface area contributed by atoms with Crippen molar-refractivity contribution in [1.29, 1.82) is 0 Å². The normalized spacial score (nSPS) is 10.9. The second-order valence-corrected chi connectivity index (χ2v) is 4.87. The van der Waals surface area contributed by atoms with Crippen molar-refractivity contribution in [3.8, 4) is 5.69 Å². The van der Waals surface area contributed by atoms with Gasteiger partial charge in [-0.15, -0.1) is 0 Å². The molecule has 0 saturated heterocycles. The third kappa shape index (κ3) is 2.66. The molecule has 3 nitrogen and oxygen atoms in total. The summed E-state index contributed by atoms with van der Waals surface area (Å²) < 4.78 is 15.9. The number of anilines is 1. The van der Waals surface area contributed by atoms with E-state index in [1.165, 1.54) is 12.1 Å². The van der Waals surface area contributed by atoms with E-state index < -0.39 is 0 Å². The lowest BCUT2D eigenvalue weighted by atomic mass is 10.3. The fourth-order valence-corrected chi connectivity index (χ4v) is 1.97. The molecule has 0 fully saturated rings. The predicted octanol–water partition coefficient (Wildman–Crippen LogP) is 3.59. The molecule has 0 unspecified atom stereocenters. The highest BCUT2D eigenvalue weighted by Crippen LogP contribution is 2.24. The Bertz CT molecular complexity index is 522.